The van der Waals surface area contributed by atoms with Gasteiger partial charge in [-0.25, -0.2) is 28.0 Å². The van der Waals surface area contributed by atoms with Crippen molar-refractivity contribution in [2.45, 2.75) is 91.6 Å². The average Bonchev–Trinajstić information content (AvgIpc) is 2.96. The lowest BCUT2D eigenvalue weighted by Crippen LogP contribution is -2.25. The van der Waals surface area contributed by atoms with Gasteiger partial charge >= 0.3 is 39.8 Å². The predicted octanol–water partition coefficient (Wildman–Crippen LogP) is 7.36. The summed E-state index contributed by atoms with van der Waals surface area (Å²) in [5.74, 6) is -2.66. The molecule has 1 aromatic rings. The molecule has 0 bridgehead atoms. The van der Waals surface area contributed by atoms with Gasteiger partial charge < -0.3 is 37.9 Å². The fraction of sp³-hybridized carbons (Fsp3) is 0.643. The van der Waals surface area contributed by atoms with E-state index in [2.05, 4.69) is 0 Å². The van der Waals surface area contributed by atoms with E-state index < -0.39 is 115 Å². The van der Waals surface area contributed by atoms with Crippen molar-refractivity contribution in [1.82, 2.24) is 0 Å². The fourth-order valence-electron chi connectivity index (χ4n) is 3.19. The summed E-state index contributed by atoms with van der Waals surface area (Å²) >= 11 is 0. The van der Waals surface area contributed by atoms with Gasteiger partial charge in [0.1, 0.15) is 0 Å². The number of ether oxygens (including phenoxy) is 8. The molecule has 1 aromatic carbocycles. The highest BCUT2D eigenvalue weighted by atomic mass is 31.2. The SMILES string of the molecule is CC(C)OC(=O)OCOP(=O)(OCOC(=O)OC(C)C)C(Cc1ccc(F)c(F)c1)P(=O)(OCOC(=O)OC(C)C)OCOC(=O)OC(C)C. The van der Waals surface area contributed by atoms with Gasteiger partial charge in [0.2, 0.25) is 27.2 Å². The van der Waals surface area contributed by atoms with Crippen LogP contribution in [0.15, 0.2) is 18.2 Å². The molecule has 0 unspecified atom stereocenters. The van der Waals surface area contributed by atoms with E-state index in [0.717, 1.165) is 6.07 Å². The van der Waals surface area contributed by atoms with Crippen LogP contribution in [0.3, 0.4) is 0 Å². The Morgan fingerprint density at radius 3 is 1.10 bits per heavy atom. The zero-order valence-corrected chi connectivity index (χ0v) is 30.4. The molecule has 0 saturated carbocycles. The molecule has 18 nitrogen and oxygen atoms in total. The zero-order valence-electron chi connectivity index (χ0n) is 28.7. The largest absolute Gasteiger partial charge is 0.510 e. The van der Waals surface area contributed by atoms with Crippen molar-refractivity contribution in [1.29, 1.82) is 0 Å². The molecule has 22 heteroatoms. The first-order valence-corrected chi connectivity index (χ1v) is 18.0. The molecule has 0 heterocycles. The first-order chi connectivity index (χ1) is 23.3. The topological polar surface area (TPSA) is 213 Å². The van der Waals surface area contributed by atoms with Crippen LogP contribution in [-0.4, -0.2) is 81.6 Å². The van der Waals surface area contributed by atoms with E-state index in [1.165, 1.54) is 55.4 Å². The molecule has 0 fully saturated rings. The molecule has 0 spiro atoms. The summed E-state index contributed by atoms with van der Waals surface area (Å²) in [6, 6.07) is 2.32. The second kappa shape index (κ2) is 21.6. The summed E-state index contributed by atoms with van der Waals surface area (Å²) in [6.07, 6.45) is -8.69. The molecule has 0 saturated heterocycles. The highest BCUT2D eigenvalue weighted by molar-refractivity contribution is 7.72. The number of rotatable bonds is 20. The standard InChI is InChI=1S/C28H42F2O18P2/c1-17(2)45-25(31)37-13-41-49(35,42-14-38-26(32)46-18(3)4)24(12-21-9-10-22(29)23(30)11-21)50(36,43-15-39-27(33)47-19(5)6)44-16-40-28(34)48-20(7)8/h9-11,17-20,24H,12-16H2,1-8H3. The van der Waals surface area contributed by atoms with E-state index in [9.17, 15) is 37.1 Å². The normalized spacial score (nSPS) is 11.9. The third-order valence-corrected chi connectivity index (χ3v) is 10.5. The molecule has 0 aliphatic carbocycles. The van der Waals surface area contributed by atoms with Crippen molar-refractivity contribution in [2.24, 2.45) is 0 Å². The molecule has 0 aliphatic heterocycles. The van der Waals surface area contributed by atoms with E-state index in [1.54, 1.807) is 0 Å². The van der Waals surface area contributed by atoms with Gasteiger partial charge in [0.15, 0.2) is 17.0 Å². The van der Waals surface area contributed by atoms with Gasteiger partial charge in [0.05, 0.1) is 24.4 Å². The maximum atomic E-state index is 14.5. The molecule has 0 atom stereocenters. The van der Waals surface area contributed by atoms with Crippen molar-refractivity contribution >= 4 is 39.8 Å². The number of carbonyl (C=O) groups is 4. The average molecular weight is 767 g/mol. The number of hydrogen-bond donors (Lipinski definition) is 0. The molecule has 0 N–H and O–H groups in total. The summed E-state index contributed by atoms with van der Waals surface area (Å²) < 4.78 is 116. The minimum Gasteiger partial charge on any atom is -0.432 e. The molecule has 286 valence electrons. The Morgan fingerprint density at radius 1 is 0.540 bits per heavy atom. The summed E-state index contributed by atoms with van der Waals surface area (Å²) in [6.45, 7) is 7.04. The summed E-state index contributed by atoms with van der Waals surface area (Å²) in [4.78, 5) is 48.0. The lowest BCUT2D eigenvalue weighted by Gasteiger charge is -2.31. The predicted molar refractivity (Wildman–Crippen MR) is 164 cm³/mol. The smallest absolute Gasteiger partial charge is 0.432 e. The first-order valence-electron chi connectivity index (χ1n) is 14.8. The molecular weight excluding hydrogens is 724 g/mol. The minimum absolute atomic E-state index is 0.214. The summed E-state index contributed by atoms with van der Waals surface area (Å²) in [5, 5.41) is -2.29. The number of benzene rings is 1. The van der Waals surface area contributed by atoms with Crippen LogP contribution in [0.2, 0.25) is 0 Å². The monoisotopic (exact) mass is 766 g/mol. The number of carbonyl (C=O) groups excluding carboxylic acids is 4. The number of hydrogen-bond acceptors (Lipinski definition) is 18. The van der Waals surface area contributed by atoms with Crippen molar-refractivity contribution in [3.8, 4) is 0 Å². The highest BCUT2D eigenvalue weighted by Crippen LogP contribution is 2.71. The van der Waals surface area contributed by atoms with Gasteiger partial charge in [0, 0.05) is 0 Å². The molecule has 0 radical (unpaired) electrons. The van der Waals surface area contributed by atoms with E-state index in [-0.39, 0.29) is 5.56 Å². The van der Waals surface area contributed by atoms with E-state index >= 15 is 0 Å². The Morgan fingerprint density at radius 2 is 0.840 bits per heavy atom. The third kappa shape index (κ3) is 17.4. The van der Waals surface area contributed by atoms with Crippen molar-refractivity contribution in [3.05, 3.63) is 35.4 Å². The van der Waals surface area contributed by atoms with Crippen LogP contribution in [0.5, 0.6) is 0 Å². The van der Waals surface area contributed by atoms with E-state index in [1.807, 2.05) is 0 Å². The maximum absolute atomic E-state index is 14.5. The van der Waals surface area contributed by atoms with Crippen LogP contribution in [0.4, 0.5) is 28.0 Å². The Labute approximate surface area is 287 Å². The van der Waals surface area contributed by atoms with Gasteiger partial charge in [-0.2, -0.15) is 0 Å². The third-order valence-electron chi connectivity index (χ3n) is 5.10. The lowest BCUT2D eigenvalue weighted by atomic mass is 10.1. The first kappa shape index (κ1) is 44.5. The second-order valence-corrected chi connectivity index (χ2v) is 15.6. The van der Waals surface area contributed by atoms with E-state index in [4.69, 9.17) is 56.0 Å². The van der Waals surface area contributed by atoms with Crippen LogP contribution >= 0.6 is 15.2 Å². The minimum atomic E-state index is -5.24. The van der Waals surface area contributed by atoms with Gasteiger partial charge in [-0.15, -0.1) is 0 Å². The Balaban J connectivity index is 3.67. The lowest BCUT2D eigenvalue weighted by molar-refractivity contribution is -0.0334. The molecule has 0 aliphatic rings. The number of halogens is 2. The Hall–Kier alpha value is -3.54. The zero-order chi connectivity index (χ0) is 38.1. The van der Waals surface area contributed by atoms with E-state index in [0.29, 0.717) is 12.1 Å². The van der Waals surface area contributed by atoms with Gasteiger partial charge in [0.25, 0.3) is 0 Å². The van der Waals surface area contributed by atoms with Crippen LogP contribution < -0.4 is 0 Å². The highest BCUT2D eigenvalue weighted by Gasteiger charge is 2.52. The van der Waals surface area contributed by atoms with Crippen molar-refractivity contribution in [2.75, 3.05) is 27.2 Å². The van der Waals surface area contributed by atoms with Crippen LogP contribution in [0.25, 0.3) is 0 Å². The molecule has 50 heavy (non-hydrogen) atoms. The Bertz CT molecular complexity index is 1220. The van der Waals surface area contributed by atoms with Crippen LogP contribution in [0, 0.1) is 11.6 Å². The molecule has 1 rings (SSSR count). The summed E-state index contributed by atoms with van der Waals surface area (Å²) in [5.41, 5.74) is -0.214. The molecule has 0 aromatic heterocycles. The van der Waals surface area contributed by atoms with Gasteiger partial charge in [-0.3, -0.25) is 27.2 Å². The fourth-order valence-corrected chi connectivity index (χ4v) is 7.88. The molecule has 0 amide bonds. The summed E-state index contributed by atoms with van der Waals surface area (Å²) in [7, 11) is -10.5. The van der Waals surface area contributed by atoms with Gasteiger partial charge in [-0.1, -0.05) is 6.07 Å². The van der Waals surface area contributed by atoms with Crippen molar-refractivity contribution in [3.63, 3.8) is 0 Å². The Kier molecular flexibility index (Phi) is 19.2. The second-order valence-electron chi connectivity index (χ2n) is 10.7. The van der Waals surface area contributed by atoms with Crippen molar-refractivity contribution < 1.29 is 93.1 Å². The molecular formula is C28H42F2O18P2. The quantitative estimate of drug-likeness (QED) is 0.0548. The maximum Gasteiger partial charge on any atom is 0.510 e. The van der Waals surface area contributed by atoms with Crippen LogP contribution in [0.1, 0.15) is 61.0 Å². The van der Waals surface area contributed by atoms with Crippen LogP contribution in [-0.2, 0) is 71.5 Å². The van der Waals surface area contributed by atoms with Gasteiger partial charge in [-0.05, 0) is 79.5 Å².